The van der Waals surface area contributed by atoms with Gasteiger partial charge in [-0.1, -0.05) is 26.0 Å². The molecular weight excluding hydrogens is 636 g/mol. The number of hydrogen-bond donors (Lipinski definition) is 2. The number of hydrogen-bond acceptors (Lipinski definition) is 9. The Labute approximate surface area is 281 Å². The fraction of sp³-hybridized carbons (Fsp3) is 0.600. The summed E-state index contributed by atoms with van der Waals surface area (Å²) in [6.45, 7) is 6.91. The zero-order valence-corrected chi connectivity index (χ0v) is 28.5. The molecule has 6 atom stereocenters. The third-order valence-corrected chi connectivity index (χ3v) is 12.9. The van der Waals surface area contributed by atoms with Gasteiger partial charge in [-0.3, -0.25) is 19.1 Å². The molecule has 4 heterocycles. The molecule has 258 valence electrons. The van der Waals surface area contributed by atoms with Gasteiger partial charge >= 0.3 is 0 Å². The minimum Gasteiger partial charge on any atom is -0.486 e. The van der Waals surface area contributed by atoms with Crippen LogP contribution in [0.4, 0.5) is 0 Å². The average molecular weight is 681 g/mol. The summed E-state index contributed by atoms with van der Waals surface area (Å²) in [4.78, 5) is 47.7. The van der Waals surface area contributed by atoms with Gasteiger partial charge in [0.05, 0.1) is 11.3 Å². The van der Waals surface area contributed by atoms with Crippen LogP contribution >= 0.6 is 0 Å². The molecule has 0 unspecified atom stereocenters. The standard InChI is InChI=1S/C35H44N4O8S/c1-21-6-4-5-7-23-19-35(23,33(42)38-48(43,44)34(3)11-12-34)37-31(41)27-18-24(20-39(27)29(40)17-22(2)16-21)47-32-26-8-9-28-30(46-15-14-45-28)25(26)10-13-36-32/h5,7-10,13,21-24,27H,4,6,11-12,14-20H2,1-3H3,(H,37,41)(H,38,42)/b7-5-/t21-,22-,23-,24-,27+,35-/m1/s1. The molecule has 3 fully saturated rings. The van der Waals surface area contributed by atoms with E-state index in [1.807, 2.05) is 30.4 Å². The number of allylic oxidation sites excluding steroid dienone is 1. The van der Waals surface area contributed by atoms with Gasteiger partial charge in [0.15, 0.2) is 11.5 Å². The monoisotopic (exact) mass is 680 g/mol. The normalized spacial score (nSPS) is 32.1. The fourth-order valence-electron chi connectivity index (χ4n) is 7.41. The third-order valence-electron chi connectivity index (χ3n) is 10.7. The maximum atomic E-state index is 14.1. The van der Waals surface area contributed by atoms with E-state index in [1.54, 1.807) is 18.0 Å². The van der Waals surface area contributed by atoms with Crippen molar-refractivity contribution in [1.29, 1.82) is 0 Å². The van der Waals surface area contributed by atoms with Crippen molar-refractivity contribution in [3.05, 3.63) is 36.5 Å². The van der Waals surface area contributed by atoms with Crippen molar-refractivity contribution in [3.8, 4) is 17.4 Å². The smallest absolute Gasteiger partial charge is 0.259 e. The van der Waals surface area contributed by atoms with Crippen LogP contribution in [0.15, 0.2) is 36.5 Å². The van der Waals surface area contributed by atoms with Crippen molar-refractivity contribution in [2.45, 2.75) is 94.6 Å². The van der Waals surface area contributed by atoms with Crippen molar-refractivity contribution < 1.29 is 37.0 Å². The molecule has 12 nitrogen and oxygen atoms in total. The van der Waals surface area contributed by atoms with Gasteiger partial charge in [0.1, 0.15) is 30.9 Å². The SMILES string of the molecule is C[C@@H]1CC/C=C\[C@@H]2C[C@@]2(C(=O)NS(=O)(=O)C2(C)CC2)NC(=O)[C@@H]2C[C@@H](Oc3nccc4c5c(ccc34)OCCO5)CN2C(=O)C[C@H](C)C1. The molecule has 1 saturated heterocycles. The first-order valence-corrected chi connectivity index (χ1v) is 18.6. The lowest BCUT2D eigenvalue weighted by molar-refractivity contribution is -0.140. The van der Waals surface area contributed by atoms with E-state index in [2.05, 4.69) is 28.9 Å². The van der Waals surface area contributed by atoms with Gasteiger partial charge in [-0.05, 0) is 75.5 Å². The lowest BCUT2D eigenvalue weighted by atomic mass is 9.91. The Balaban J connectivity index is 1.17. The number of rotatable bonds is 5. The molecule has 2 aromatic rings. The van der Waals surface area contributed by atoms with E-state index in [-0.39, 0.29) is 43.6 Å². The van der Waals surface area contributed by atoms with Gasteiger partial charge in [0.25, 0.3) is 5.91 Å². The maximum Gasteiger partial charge on any atom is 0.259 e. The third kappa shape index (κ3) is 6.10. The Hall–Kier alpha value is -3.87. The number of carbonyl (C=O) groups excluding carboxylic acids is 3. The highest BCUT2D eigenvalue weighted by Crippen LogP contribution is 2.48. The first-order chi connectivity index (χ1) is 22.9. The molecule has 2 saturated carbocycles. The van der Waals surface area contributed by atoms with Crippen molar-refractivity contribution in [1.82, 2.24) is 19.9 Å². The molecule has 0 radical (unpaired) electrons. The van der Waals surface area contributed by atoms with E-state index in [4.69, 9.17) is 14.2 Å². The number of ether oxygens (including phenoxy) is 3. The summed E-state index contributed by atoms with van der Waals surface area (Å²) in [5, 5.41) is 4.44. The summed E-state index contributed by atoms with van der Waals surface area (Å²) in [5.74, 6) is 0.354. The molecule has 3 aliphatic heterocycles. The quantitative estimate of drug-likeness (QED) is 0.451. The van der Waals surface area contributed by atoms with E-state index >= 15 is 0 Å². The second-order valence-electron chi connectivity index (χ2n) is 14.6. The topological polar surface area (TPSA) is 153 Å². The minimum absolute atomic E-state index is 0.109. The van der Waals surface area contributed by atoms with Crippen LogP contribution in [0.3, 0.4) is 0 Å². The highest BCUT2D eigenvalue weighted by atomic mass is 32.2. The molecule has 0 spiro atoms. The summed E-state index contributed by atoms with van der Waals surface area (Å²) in [6.07, 6.45) is 9.27. The maximum absolute atomic E-state index is 14.1. The number of pyridine rings is 1. The molecule has 0 bridgehead atoms. The van der Waals surface area contributed by atoms with Crippen molar-refractivity contribution in [2.75, 3.05) is 19.8 Å². The average Bonchev–Trinajstić information content (AvgIpc) is 3.92. The molecule has 1 aromatic carbocycles. The van der Waals surface area contributed by atoms with Gasteiger partial charge in [-0.15, -0.1) is 0 Å². The Morgan fingerprint density at radius 2 is 1.88 bits per heavy atom. The first-order valence-electron chi connectivity index (χ1n) is 17.1. The Kier molecular flexibility index (Phi) is 8.32. The molecule has 3 amide bonds. The first kappa shape index (κ1) is 32.7. The Bertz CT molecular complexity index is 1770. The molecule has 7 rings (SSSR count). The molecule has 1 aromatic heterocycles. The van der Waals surface area contributed by atoms with Crippen LogP contribution in [0.5, 0.6) is 17.4 Å². The second kappa shape index (κ2) is 12.2. The van der Waals surface area contributed by atoms with E-state index in [1.165, 1.54) is 0 Å². The number of benzene rings is 1. The second-order valence-corrected chi connectivity index (χ2v) is 16.8. The van der Waals surface area contributed by atoms with Gasteiger partial charge in [0, 0.05) is 35.7 Å². The van der Waals surface area contributed by atoms with E-state index in [0.29, 0.717) is 49.4 Å². The number of amides is 3. The summed E-state index contributed by atoms with van der Waals surface area (Å²) in [5.41, 5.74) is -1.42. The van der Waals surface area contributed by atoms with Crippen LogP contribution in [-0.4, -0.2) is 78.2 Å². The predicted molar refractivity (Wildman–Crippen MR) is 177 cm³/mol. The Morgan fingerprint density at radius 3 is 2.67 bits per heavy atom. The summed E-state index contributed by atoms with van der Waals surface area (Å²) in [6, 6.07) is 4.60. The van der Waals surface area contributed by atoms with Crippen LogP contribution in [0.2, 0.25) is 0 Å². The molecule has 2 aliphatic carbocycles. The van der Waals surface area contributed by atoms with Gasteiger partial charge in [-0.25, -0.2) is 13.4 Å². The fourth-order valence-corrected chi connectivity index (χ4v) is 8.72. The Morgan fingerprint density at radius 1 is 1.08 bits per heavy atom. The number of sulfonamides is 1. The number of nitrogens with zero attached hydrogens (tertiary/aromatic N) is 2. The summed E-state index contributed by atoms with van der Waals surface area (Å²) < 4.78 is 45.4. The molecular formula is C35H44N4O8S. The van der Waals surface area contributed by atoms with Crippen LogP contribution in [0.25, 0.3) is 10.8 Å². The van der Waals surface area contributed by atoms with E-state index in [0.717, 1.165) is 30.0 Å². The molecule has 13 heteroatoms. The lowest BCUT2D eigenvalue weighted by Gasteiger charge is -2.28. The predicted octanol–water partition coefficient (Wildman–Crippen LogP) is 3.63. The number of aromatic nitrogens is 1. The zero-order valence-electron chi connectivity index (χ0n) is 27.7. The molecule has 48 heavy (non-hydrogen) atoms. The summed E-state index contributed by atoms with van der Waals surface area (Å²) >= 11 is 0. The van der Waals surface area contributed by atoms with E-state index in [9.17, 15) is 22.8 Å². The van der Waals surface area contributed by atoms with Crippen LogP contribution in [0, 0.1) is 17.8 Å². The minimum atomic E-state index is -3.92. The van der Waals surface area contributed by atoms with Gasteiger partial charge < -0.3 is 24.4 Å². The van der Waals surface area contributed by atoms with E-state index < -0.39 is 44.3 Å². The largest absolute Gasteiger partial charge is 0.486 e. The highest BCUT2D eigenvalue weighted by molar-refractivity contribution is 7.91. The highest BCUT2D eigenvalue weighted by Gasteiger charge is 2.63. The van der Waals surface area contributed by atoms with Crippen LogP contribution in [0.1, 0.15) is 72.1 Å². The number of fused-ring (bicyclic) bond motifs is 5. The van der Waals surface area contributed by atoms with Crippen molar-refractivity contribution >= 4 is 38.5 Å². The lowest BCUT2D eigenvalue weighted by Crippen LogP contribution is -2.57. The van der Waals surface area contributed by atoms with Crippen LogP contribution in [-0.2, 0) is 24.4 Å². The number of nitrogens with one attached hydrogen (secondary N) is 2. The molecule has 5 aliphatic rings. The van der Waals surface area contributed by atoms with Crippen molar-refractivity contribution in [2.24, 2.45) is 17.8 Å². The number of carbonyl (C=O) groups is 3. The summed E-state index contributed by atoms with van der Waals surface area (Å²) in [7, 11) is -3.92. The zero-order chi connectivity index (χ0) is 33.8. The van der Waals surface area contributed by atoms with Crippen molar-refractivity contribution in [3.63, 3.8) is 0 Å². The van der Waals surface area contributed by atoms with Gasteiger partial charge in [0.2, 0.25) is 27.7 Å². The molecule has 2 N–H and O–H groups in total. The van der Waals surface area contributed by atoms with Crippen LogP contribution < -0.4 is 24.2 Å². The van der Waals surface area contributed by atoms with Gasteiger partial charge in [-0.2, -0.15) is 0 Å².